The molecule has 1 aliphatic rings. The summed E-state index contributed by atoms with van der Waals surface area (Å²) in [5, 5.41) is 5.06. The predicted octanol–water partition coefficient (Wildman–Crippen LogP) is 5.05. The van der Waals surface area contributed by atoms with Crippen LogP contribution in [0.1, 0.15) is 48.6 Å². The lowest BCUT2D eigenvalue weighted by Crippen LogP contribution is -2.47. The van der Waals surface area contributed by atoms with Crippen LogP contribution in [0.2, 0.25) is 0 Å². The second-order valence-electron chi connectivity index (χ2n) is 8.03. The Morgan fingerprint density at radius 3 is 2.56 bits per heavy atom. The molecule has 7 heteroatoms. The molecular formula is C25H26FN3O2S. The molecule has 1 saturated carbocycles. The summed E-state index contributed by atoms with van der Waals surface area (Å²) in [5.74, 6) is -0.983. The minimum atomic E-state index is -0.922. The Balaban J connectivity index is 1.72. The average molecular weight is 452 g/mol. The fourth-order valence-corrected chi connectivity index (χ4v) is 4.90. The van der Waals surface area contributed by atoms with Crippen LogP contribution in [-0.4, -0.2) is 22.8 Å². The summed E-state index contributed by atoms with van der Waals surface area (Å²) in [6.07, 6.45) is 8.52. The molecule has 1 N–H and O–H groups in total. The number of nitrogens with zero attached hydrogens (tertiary/aromatic N) is 2. The maximum atomic E-state index is 14.2. The van der Waals surface area contributed by atoms with Gasteiger partial charge in [0.1, 0.15) is 11.9 Å². The predicted molar refractivity (Wildman–Crippen MR) is 124 cm³/mol. The molecule has 2 aromatic heterocycles. The van der Waals surface area contributed by atoms with Crippen molar-refractivity contribution in [2.24, 2.45) is 0 Å². The number of hydrogen-bond donors (Lipinski definition) is 1. The van der Waals surface area contributed by atoms with Crippen molar-refractivity contribution in [1.82, 2.24) is 10.3 Å². The minimum Gasteiger partial charge on any atom is -0.351 e. The third-order valence-corrected chi connectivity index (χ3v) is 6.62. The van der Waals surface area contributed by atoms with Gasteiger partial charge in [0, 0.05) is 29.0 Å². The van der Waals surface area contributed by atoms with E-state index in [1.165, 1.54) is 34.8 Å². The number of aromatic nitrogens is 1. The van der Waals surface area contributed by atoms with Crippen molar-refractivity contribution >= 4 is 28.8 Å². The summed E-state index contributed by atoms with van der Waals surface area (Å²) >= 11 is 1.48. The van der Waals surface area contributed by atoms with Crippen LogP contribution < -0.4 is 10.2 Å². The molecule has 0 radical (unpaired) electrons. The summed E-state index contributed by atoms with van der Waals surface area (Å²) in [5.41, 5.74) is 0.990. The van der Waals surface area contributed by atoms with Crippen molar-refractivity contribution in [2.75, 3.05) is 4.90 Å². The molecule has 2 heterocycles. The van der Waals surface area contributed by atoms with Gasteiger partial charge in [-0.3, -0.25) is 19.5 Å². The zero-order valence-corrected chi connectivity index (χ0v) is 18.6. The molecule has 1 fully saturated rings. The van der Waals surface area contributed by atoms with Crippen molar-refractivity contribution in [3.05, 3.63) is 82.6 Å². The molecule has 1 atom stereocenters. The van der Waals surface area contributed by atoms with Crippen LogP contribution in [0, 0.1) is 5.82 Å². The van der Waals surface area contributed by atoms with E-state index < -0.39 is 11.9 Å². The van der Waals surface area contributed by atoms with Crippen molar-refractivity contribution in [3.63, 3.8) is 0 Å². The van der Waals surface area contributed by atoms with E-state index in [0.717, 1.165) is 30.6 Å². The highest BCUT2D eigenvalue weighted by molar-refractivity contribution is 7.10. The zero-order valence-electron chi connectivity index (χ0n) is 17.7. The Morgan fingerprint density at radius 2 is 1.88 bits per heavy atom. The van der Waals surface area contributed by atoms with Gasteiger partial charge in [0.15, 0.2) is 0 Å². The first-order valence-electron chi connectivity index (χ1n) is 10.9. The van der Waals surface area contributed by atoms with Gasteiger partial charge < -0.3 is 5.32 Å². The number of hydrogen-bond acceptors (Lipinski definition) is 4. The van der Waals surface area contributed by atoms with Gasteiger partial charge in [0.25, 0.3) is 0 Å². The molecular weight excluding hydrogens is 425 g/mol. The Labute approximate surface area is 191 Å². The number of nitrogens with one attached hydrogen (secondary N) is 1. The second-order valence-corrected chi connectivity index (χ2v) is 9.06. The number of benzene rings is 1. The number of thiophene rings is 1. The fraction of sp³-hybridized carbons (Fsp3) is 0.320. The Bertz CT molecular complexity index is 1040. The molecule has 0 unspecified atom stereocenters. The standard InChI is InChI=1S/C25H26FN3O2S/c26-19-6-4-9-21(16-19)29(23(30)17-22-10-5-15-32-22)24(18-11-13-27-14-12-18)25(31)28-20-7-2-1-3-8-20/h4-6,9-16,20,24H,1-3,7-8,17H2,(H,28,31)/t24-/m1/s1. The van der Waals surface area contributed by atoms with E-state index in [-0.39, 0.29) is 24.3 Å². The number of anilines is 1. The summed E-state index contributed by atoms with van der Waals surface area (Å²) in [4.78, 5) is 33.5. The Kier molecular flexibility index (Phi) is 7.27. The van der Waals surface area contributed by atoms with Gasteiger partial charge >= 0.3 is 0 Å². The van der Waals surface area contributed by atoms with Crippen LogP contribution in [0.15, 0.2) is 66.3 Å². The molecule has 166 valence electrons. The van der Waals surface area contributed by atoms with Gasteiger partial charge in [-0.25, -0.2) is 4.39 Å². The van der Waals surface area contributed by atoms with Crippen molar-refractivity contribution in [2.45, 2.75) is 50.6 Å². The van der Waals surface area contributed by atoms with Crippen molar-refractivity contribution in [1.29, 1.82) is 0 Å². The number of rotatable bonds is 7. The van der Waals surface area contributed by atoms with Gasteiger partial charge in [0.05, 0.1) is 6.42 Å². The van der Waals surface area contributed by atoms with Crippen LogP contribution in [-0.2, 0) is 16.0 Å². The minimum absolute atomic E-state index is 0.0855. The van der Waals surface area contributed by atoms with Gasteiger partial charge in [-0.05, 0) is 60.2 Å². The SMILES string of the molecule is O=C(NC1CCCCC1)[C@@H](c1ccncc1)N(C(=O)Cc1cccs1)c1cccc(F)c1. The van der Waals surface area contributed by atoms with Gasteiger partial charge in [-0.15, -0.1) is 11.3 Å². The fourth-order valence-electron chi connectivity index (χ4n) is 4.20. The highest BCUT2D eigenvalue weighted by atomic mass is 32.1. The van der Waals surface area contributed by atoms with E-state index in [2.05, 4.69) is 10.3 Å². The maximum Gasteiger partial charge on any atom is 0.248 e. The van der Waals surface area contributed by atoms with Gasteiger partial charge in [0.2, 0.25) is 11.8 Å². The molecule has 32 heavy (non-hydrogen) atoms. The Morgan fingerprint density at radius 1 is 1.09 bits per heavy atom. The normalized spacial score (nSPS) is 15.2. The van der Waals surface area contributed by atoms with Crippen LogP contribution >= 0.6 is 11.3 Å². The van der Waals surface area contributed by atoms with E-state index in [4.69, 9.17) is 0 Å². The van der Waals surface area contributed by atoms with E-state index in [0.29, 0.717) is 11.3 Å². The molecule has 0 aliphatic heterocycles. The molecule has 0 saturated heterocycles. The first kappa shape index (κ1) is 22.1. The van der Waals surface area contributed by atoms with Crippen molar-refractivity contribution < 1.29 is 14.0 Å². The number of amides is 2. The number of carbonyl (C=O) groups excluding carboxylic acids is 2. The summed E-state index contributed by atoms with van der Waals surface area (Å²) in [6.45, 7) is 0. The molecule has 1 aliphatic carbocycles. The van der Waals surface area contributed by atoms with Crippen LogP contribution in [0.5, 0.6) is 0 Å². The molecule has 1 aromatic carbocycles. The van der Waals surface area contributed by atoms with Gasteiger partial charge in [-0.2, -0.15) is 0 Å². The Hall–Kier alpha value is -3.06. The highest BCUT2D eigenvalue weighted by Crippen LogP contribution is 2.30. The summed E-state index contributed by atoms with van der Waals surface area (Å²) in [6, 6.07) is 12.2. The van der Waals surface area contributed by atoms with E-state index >= 15 is 0 Å². The third kappa shape index (κ3) is 5.40. The summed E-state index contributed by atoms with van der Waals surface area (Å²) < 4.78 is 14.2. The number of pyridine rings is 1. The molecule has 2 amide bonds. The smallest absolute Gasteiger partial charge is 0.248 e. The summed E-state index contributed by atoms with van der Waals surface area (Å²) in [7, 11) is 0. The molecule has 0 bridgehead atoms. The second kappa shape index (κ2) is 10.5. The first-order chi connectivity index (χ1) is 15.6. The molecule has 4 rings (SSSR count). The van der Waals surface area contributed by atoms with Gasteiger partial charge in [-0.1, -0.05) is 31.4 Å². The lowest BCUT2D eigenvalue weighted by atomic mass is 9.94. The topological polar surface area (TPSA) is 62.3 Å². The number of halogens is 1. The van der Waals surface area contributed by atoms with Crippen LogP contribution in [0.4, 0.5) is 10.1 Å². The maximum absolute atomic E-state index is 14.2. The number of carbonyl (C=O) groups is 2. The van der Waals surface area contributed by atoms with Crippen LogP contribution in [0.3, 0.4) is 0 Å². The van der Waals surface area contributed by atoms with E-state index in [9.17, 15) is 14.0 Å². The molecule has 3 aromatic rings. The zero-order chi connectivity index (χ0) is 22.3. The van der Waals surface area contributed by atoms with Crippen LogP contribution in [0.25, 0.3) is 0 Å². The quantitative estimate of drug-likeness (QED) is 0.547. The van der Waals surface area contributed by atoms with E-state index in [1.807, 2.05) is 17.5 Å². The first-order valence-corrected chi connectivity index (χ1v) is 11.8. The molecule has 0 spiro atoms. The molecule has 5 nitrogen and oxygen atoms in total. The third-order valence-electron chi connectivity index (χ3n) is 5.74. The lowest BCUT2D eigenvalue weighted by Gasteiger charge is -2.33. The lowest BCUT2D eigenvalue weighted by molar-refractivity contribution is -0.127. The average Bonchev–Trinajstić information content (AvgIpc) is 3.31. The largest absolute Gasteiger partial charge is 0.351 e. The highest BCUT2D eigenvalue weighted by Gasteiger charge is 2.34. The van der Waals surface area contributed by atoms with Crippen molar-refractivity contribution in [3.8, 4) is 0 Å². The van der Waals surface area contributed by atoms with E-state index in [1.54, 1.807) is 36.7 Å². The monoisotopic (exact) mass is 451 g/mol.